The van der Waals surface area contributed by atoms with E-state index in [0.29, 0.717) is 22.4 Å². The van der Waals surface area contributed by atoms with E-state index in [-0.39, 0.29) is 12.1 Å². The highest BCUT2D eigenvalue weighted by Gasteiger charge is 2.29. The van der Waals surface area contributed by atoms with E-state index in [4.69, 9.17) is 20.9 Å². The SMILES string of the molecule is CO[C@@H]1CN[C@@H](c2nc(-c3ccc(Cl)cn3)no2)C1. The van der Waals surface area contributed by atoms with E-state index in [1.54, 1.807) is 25.4 Å². The van der Waals surface area contributed by atoms with Crippen molar-refractivity contribution in [2.45, 2.75) is 18.6 Å². The van der Waals surface area contributed by atoms with Crippen molar-refractivity contribution >= 4 is 11.6 Å². The van der Waals surface area contributed by atoms with Crippen molar-refractivity contribution in [1.82, 2.24) is 20.4 Å². The van der Waals surface area contributed by atoms with Crippen molar-refractivity contribution in [2.75, 3.05) is 13.7 Å². The molecule has 0 amide bonds. The fourth-order valence-corrected chi connectivity index (χ4v) is 2.17. The second-order valence-electron chi connectivity index (χ2n) is 4.37. The van der Waals surface area contributed by atoms with Crippen molar-refractivity contribution < 1.29 is 9.26 Å². The first kappa shape index (κ1) is 12.5. The number of methoxy groups -OCH3 is 1. The zero-order valence-electron chi connectivity index (χ0n) is 10.3. The smallest absolute Gasteiger partial charge is 0.244 e. The summed E-state index contributed by atoms with van der Waals surface area (Å²) in [7, 11) is 1.70. The highest BCUT2D eigenvalue weighted by Crippen LogP contribution is 2.25. The highest BCUT2D eigenvalue weighted by atomic mass is 35.5. The normalized spacial score (nSPS) is 22.8. The number of rotatable bonds is 3. The van der Waals surface area contributed by atoms with Gasteiger partial charge in [0.25, 0.3) is 0 Å². The van der Waals surface area contributed by atoms with Gasteiger partial charge in [-0.25, -0.2) is 0 Å². The molecule has 0 bridgehead atoms. The monoisotopic (exact) mass is 280 g/mol. The number of ether oxygens (including phenoxy) is 1. The minimum absolute atomic E-state index is 0.0403. The maximum absolute atomic E-state index is 5.79. The van der Waals surface area contributed by atoms with Crippen LogP contribution in [0.2, 0.25) is 5.02 Å². The van der Waals surface area contributed by atoms with Gasteiger partial charge in [0.2, 0.25) is 11.7 Å². The Hall–Kier alpha value is -1.50. The molecule has 1 aliphatic heterocycles. The molecule has 2 aromatic heterocycles. The lowest BCUT2D eigenvalue weighted by atomic mass is 10.2. The molecule has 19 heavy (non-hydrogen) atoms. The standard InChI is InChI=1S/C12H13ClN4O2/c1-18-8-4-10(15-6-8)12-16-11(17-19-12)9-3-2-7(13)5-14-9/h2-3,5,8,10,15H,4,6H2,1H3/t8-,10+/m0/s1. The summed E-state index contributed by atoms with van der Waals surface area (Å²) in [5, 5.41) is 7.80. The molecule has 0 aliphatic carbocycles. The van der Waals surface area contributed by atoms with E-state index >= 15 is 0 Å². The Bertz CT molecular complexity index is 557. The van der Waals surface area contributed by atoms with Crippen molar-refractivity contribution in [3.05, 3.63) is 29.2 Å². The summed E-state index contributed by atoms with van der Waals surface area (Å²) in [6, 6.07) is 3.55. The Labute approximate surface area is 115 Å². The molecule has 2 atom stereocenters. The molecule has 3 heterocycles. The maximum Gasteiger partial charge on any atom is 0.244 e. The Morgan fingerprint density at radius 3 is 3.05 bits per heavy atom. The summed E-state index contributed by atoms with van der Waals surface area (Å²) in [5.41, 5.74) is 0.640. The fourth-order valence-electron chi connectivity index (χ4n) is 2.06. The lowest BCUT2D eigenvalue weighted by Crippen LogP contribution is -2.16. The second-order valence-corrected chi connectivity index (χ2v) is 4.81. The van der Waals surface area contributed by atoms with Crippen LogP contribution in [0.5, 0.6) is 0 Å². The van der Waals surface area contributed by atoms with Crippen LogP contribution in [0.1, 0.15) is 18.4 Å². The van der Waals surface area contributed by atoms with Crippen LogP contribution in [0, 0.1) is 0 Å². The third-order valence-electron chi connectivity index (χ3n) is 3.12. The number of pyridine rings is 1. The number of hydrogen-bond acceptors (Lipinski definition) is 6. The van der Waals surface area contributed by atoms with E-state index in [0.717, 1.165) is 13.0 Å². The third kappa shape index (κ3) is 2.60. The average molecular weight is 281 g/mol. The van der Waals surface area contributed by atoms with Crippen LogP contribution in [0.3, 0.4) is 0 Å². The van der Waals surface area contributed by atoms with Crippen molar-refractivity contribution in [3.63, 3.8) is 0 Å². The average Bonchev–Trinajstić information content (AvgIpc) is 3.08. The first-order chi connectivity index (χ1) is 9.26. The summed E-state index contributed by atoms with van der Waals surface area (Å²) in [5.74, 6) is 1.03. The van der Waals surface area contributed by atoms with E-state index in [2.05, 4.69) is 20.4 Å². The number of halogens is 1. The minimum atomic E-state index is 0.0403. The number of aromatic nitrogens is 3. The van der Waals surface area contributed by atoms with Gasteiger partial charge in [0.15, 0.2) is 0 Å². The lowest BCUT2D eigenvalue weighted by molar-refractivity contribution is 0.116. The van der Waals surface area contributed by atoms with Gasteiger partial charge in [0.1, 0.15) is 5.69 Å². The molecule has 2 aromatic rings. The molecule has 7 heteroatoms. The number of hydrogen-bond donors (Lipinski definition) is 1. The van der Waals surface area contributed by atoms with Crippen LogP contribution in [-0.4, -0.2) is 34.9 Å². The summed E-state index contributed by atoms with van der Waals surface area (Å²) in [4.78, 5) is 8.52. The van der Waals surface area contributed by atoms with E-state index in [9.17, 15) is 0 Å². The van der Waals surface area contributed by atoms with Gasteiger partial charge in [-0.1, -0.05) is 16.8 Å². The molecule has 0 spiro atoms. The molecule has 6 nitrogen and oxygen atoms in total. The fraction of sp³-hybridized carbons (Fsp3) is 0.417. The molecule has 0 saturated carbocycles. The molecule has 0 unspecified atom stereocenters. The molecule has 1 N–H and O–H groups in total. The first-order valence-corrected chi connectivity index (χ1v) is 6.36. The van der Waals surface area contributed by atoms with Crippen LogP contribution >= 0.6 is 11.6 Å². The summed E-state index contributed by atoms with van der Waals surface area (Å²) >= 11 is 5.79. The summed E-state index contributed by atoms with van der Waals surface area (Å²) in [6.45, 7) is 0.790. The quantitative estimate of drug-likeness (QED) is 0.925. The van der Waals surface area contributed by atoms with E-state index < -0.39 is 0 Å². The van der Waals surface area contributed by atoms with Gasteiger partial charge in [0.05, 0.1) is 17.2 Å². The molecule has 0 radical (unpaired) electrons. The molecular formula is C12H13ClN4O2. The van der Waals surface area contributed by atoms with Crippen molar-refractivity contribution in [2.24, 2.45) is 0 Å². The van der Waals surface area contributed by atoms with Crippen LogP contribution in [0.15, 0.2) is 22.9 Å². The van der Waals surface area contributed by atoms with Crippen LogP contribution in [-0.2, 0) is 4.74 Å². The summed E-state index contributed by atoms with van der Waals surface area (Å²) in [6.07, 6.45) is 2.57. The molecule has 1 saturated heterocycles. The third-order valence-corrected chi connectivity index (χ3v) is 3.34. The zero-order valence-corrected chi connectivity index (χ0v) is 11.1. The summed E-state index contributed by atoms with van der Waals surface area (Å²) < 4.78 is 10.6. The van der Waals surface area contributed by atoms with Gasteiger partial charge in [-0.15, -0.1) is 0 Å². The Morgan fingerprint density at radius 1 is 1.47 bits per heavy atom. The van der Waals surface area contributed by atoms with Crippen LogP contribution in [0.25, 0.3) is 11.5 Å². The highest BCUT2D eigenvalue weighted by molar-refractivity contribution is 6.30. The van der Waals surface area contributed by atoms with Gasteiger partial charge < -0.3 is 14.6 Å². The van der Waals surface area contributed by atoms with Crippen LogP contribution in [0.4, 0.5) is 0 Å². The largest absolute Gasteiger partial charge is 0.380 e. The van der Waals surface area contributed by atoms with Gasteiger partial charge in [0, 0.05) is 19.9 Å². The van der Waals surface area contributed by atoms with E-state index in [1.807, 2.05) is 0 Å². The van der Waals surface area contributed by atoms with E-state index in [1.165, 1.54) is 0 Å². The predicted molar refractivity (Wildman–Crippen MR) is 68.7 cm³/mol. The van der Waals surface area contributed by atoms with Crippen molar-refractivity contribution in [3.8, 4) is 11.5 Å². The topological polar surface area (TPSA) is 73.1 Å². The Balaban J connectivity index is 1.78. The van der Waals surface area contributed by atoms with Gasteiger partial charge >= 0.3 is 0 Å². The maximum atomic E-state index is 5.79. The molecular weight excluding hydrogens is 268 g/mol. The molecule has 0 aromatic carbocycles. The number of nitrogens with one attached hydrogen (secondary N) is 1. The first-order valence-electron chi connectivity index (χ1n) is 5.98. The second kappa shape index (κ2) is 5.24. The Kier molecular flexibility index (Phi) is 3.46. The molecule has 1 aliphatic rings. The minimum Gasteiger partial charge on any atom is -0.380 e. The zero-order chi connectivity index (χ0) is 13.2. The predicted octanol–water partition coefficient (Wildman–Crippen LogP) is 1.83. The molecule has 1 fully saturated rings. The molecule has 3 rings (SSSR count). The Morgan fingerprint density at radius 2 is 2.37 bits per heavy atom. The van der Waals surface area contributed by atoms with Gasteiger partial charge in [-0.05, 0) is 18.6 Å². The molecule has 100 valence electrons. The van der Waals surface area contributed by atoms with Crippen LogP contribution < -0.4 is 5.32 Å². The van der Waals surface area contributed by atoms with Gasteiger partial charge in [-0.2, -0.15) is 4.98 Å². The van der Waals surface area contributed by atoms with Gasteiger partial charge in [-0.3, -0.25) is 4.98 Å². The lowest BCUT2D eigenvalue weighted by Gasteiger charge is -2.04. The number of nitrogens with zero attached hydrogens (tertiary/aromatic N) is 3. The van der Waals surface area contributed by atoms with Crippen molar-refractivity contribution in [1.29, 1.82) is 0 Å².